The summed E-state index contributed by atoms with van der Waals surface area (Å²) in [4.78, 5) is 22.9. The van der Waals surface area contributed by atoms with E-state index in [0.717, 1.165) is 31.4 Å². The Morgan fingerprint density at radius 3 is 2.11 bits per heavy atom. The van der Waals surface area contributed by atoms with Crippen molar-refractivity contribution in [2.75, 3.05) is 5.32 Å². The van der Waals surface area contributed by atoms with E-state index in [2.05, 4.69) is 12.2 Å². The van der Waals surface area contributed by atoms with Crippen molar-refractivity contribution in [3.05, 3.63) is 18.2 Å². The highest BCUT2D eigenvalue weighted by atomic mass is 32.2. The summed E-state index contributed by atoms with van der Waals surface area (Å²) in [5.41, 5.74) is 0.167. The summed E-state index contributed by atoms with van der Waals surface area (Å²) in [5, 5.41) is 2.47. The molecular weight excluding hydrogens is 382 g/mol. The minimum Gasteiger partial charge on any atom is -0.424 e. The number of carbonyl (C=O) groups is 2. The molecule has 8 heteroatoms. The number of amides is 1. The van der Waals surface area contributed by atoms with Gasteiger partial charge in [0, 0.05) is 19.4 Å². The highest BCUT2D eigenvalue weighted by Crippen LogP contribution is 2.28. The van der Waals surface area contributed by atoms with Crippen molar-refractivity contribution < 1.29 is 27.3 Å². The largest absolute Gasteiger partial charge is 0.424 e. The Bertz CT molecular complexity index is 745. The van der Waals surface area contributed by atoms with Gasteiger partial charge in [0.05, 0.1) is 10.6 Å². The van der Waals surface area contributed by atoms with Gasteiger partial charge in [-0.25, -0.2) is 0 Å². The molecule has 0 saturated heterocycles. The molecule has 0 radical (unpaired) electrons. The van der Waals surface area contributed by atoms with E-state index in [1.807, 2.05) is 0 Å². The predicted octanol–water partition coefficient (Wildman–Crippen LogP) is 4.72. The molecule has 7 nitrogen and oxygen atoms in total. The van der Waals surface area contributed by atoms with Crippen LogP contribution in [-0.2, 0) is 19.7 Å². The fourth-order valence-corrected chi connectivity index (χ4v) is 3.29. The van der Waals surface area contributed by atoms with Crippen molar-refractivity contribution in [2.24, 2.45) is 0 Å². The third kappa shape index (κ3) is 9.85. The van der Waals surface area contributed by atoms with E-state index in [1.54, 1.807) is 0 Å². The monoisotopic (exact) mass is 413 g/mol. The molecule has 0 fully saturated rings. The van der Waals surface area contributed by atoms with Crippen LogP contribution in [-0.4, -0.2) is 24.8 Å². The van der Waals surface area contributed by atoms with Crippen molar-refractivity contribution in [1.82, 2.24) is 0 Å². The Labute approximate surface area is 167 Å². The van der Waals surface area contributed by atoms with Gasteiger partial charge in [0.15, 0.2) is 5.75 Å². The first-order valence-corrected chi connectivity index (χ1v) is 11.3. The second-order valence-electron chi connectivity index (χ2n) is 6.87. The molecule has 0 unspecified atom stereocenters. The molecule has 0 aromatic heterocycles. The van der Waals surface area contributed by atoms with Crippen LogP contribution >= 0.6 is 0 Å². The summed E-state index contributed by atoms with van der Waals surface area (Å²) >= 11 is 0. The second-order valence-corrected chi connectivity index (χ2v) is 8.29. The number of esters is 1. The second kappa shape index (κ2) is 12.5. The van der Waals surface area contributed by atoms with E-state index >= 15 is 0 Å². The molecule has 28 heavy (non-hydrogen) atoms. The fourth-order valence-electron chi connectivity index (χ4n) is 2.79. The maximum atomic E-state index is 12.1. The summed E-state index contributed by atoms with van der Waals surface area (Å²) in [7, 11) is -4.45. The fraction of sp³-hybridized carbons (Fsp3) is 0.600. The number of nitrogens with one attached hydrogen (secondary N) is 1. The molecule has 0 atom stereocenters. The molecule has 0 heterocycles. The molecule has 0 spiro atoms. The van der Waals surface area contributed by atoms with Gasteiger partial charge < -0.3 is 10.1 Å². The van der Waals surface area contributed by atoms with E-state index in [9.17, 15) is 18.0 Å². The van der Waals surface area contributed by atoms with Crippen molar-refractivity contribution in [1.29, 1.82) is 0 Å². The molecule has 0 aliphatic heterocycles. The third-order valence-electron chi connectivity index (χ3n) is 4.27. The van der Waals surface area contributed by atoms with Gasteiger partial charge in [0.1, 0.15) is 0 Å². The number of ether oxygens (including phenoxy) is 1. The average Bonchev–Trinajstić information content (AvgIpc) is 2.60. The molecule has 0 aliphatic carbocycles. The van der Waals surface area contributed by atoms with Crippen LogP contribution in [0.25, 0.3) is 0 Å². The molecule has 1 aromatic rings. The zero-order chi connectivity index (χ0) is 21.0. The summed E-state index contributed by atoms with van der Waals surface area (Å²) in [6, 6.07) is 3.42. The lowest BCUT2D eigenvalue weighted by Gasteiger charge is -2.11. The molecule has 0 saturated carbocycles. The number of carbonyl (C=O) groups excluding carboxylic acids is 2. The van der Waals surface area contributed by atoms with Crippen LogP contribution in [0.4, 0.5) is 5.69 Å². The number of rotatable bonds is 13. The van der Waals surface area contributed by atoms with Crippen molar-refractivity contribution >= 4 is 27.7 Å². The Morgan fingerprint density at radius 1 is 1.00 bits per heavy atom. The van der Waals surface area contributed by atoms with Gasteiger partial charge >= 0.3 is 5.97 Å². The van der Waals surface area contributed by atoms with Crippen LogP contribution in [0.3, 0.4) is 0 Å². The Hall–Kier alpha value is -1.93. The van der Waals surface area contributed by atoms with E-state index < -0.39 is 26.9 Å². The molecule has 0 aliphatic rings. The van der Waals surface area contributed by atoms with Gasteiger partial charge in [-0.2, -0.15) is 8.42 Å². The lowest BCUT2D eigenvalue weighted by molar-refractivity contribution is -0.134. The maximum absolute atomic E-state index is 12.1. The SMILES string of the molecule is CCCCCCCCCCCC(=O)Oc1cc(S(=O)(=O)O)ccc1NC(C)=O. The first-order valence-electron chi connectivity index (χ1n) is 9.84. The predicted molar refractivity (Wildman–Crippen MR) is 108 cm³/mol. The lowest BCUT2D eigenvalue weighted by atomic mass is 10.1. The standard InChI is InChI=1S/C20H31NO6S/c1-3-4-5-6-7-8-9-10-11-12-20(23)27-19-15-17(28(24,25)26)13-14-18(19)21-16(2)22/h13-15H,3-12H2,1-2H3,(H,21,22)(H,24,25,26). The molecule has 1 rings (SSSR count). The summed E-state index contributed by atoms with van der Waals surface area (Å²) < 4.78 is 37.0. The van der Waals surface area contributed by atoms with Gasteiger partial charge in [-0.05, 0) is 18.6 Å². The maximum Gasteiger partial charge on any atom is 0.311 e. The Kier molecular flexibility index (Phi) is 10.8. The van der Waals surface area contributed by atoms with Crippen LogP contribution in [0.15, 0.2) is 23.1 Å². The number of anilines is 1. The number of hydrogen-bond acceptors (Lipinski definition) is 5. The highest BCUT2D eigenvalue weighted by Gasteiger charge is 2.16. The van der Waals surface area contributed by atoms with Gasteiger partial charge in [-0.1, -0.05) is 58.3 Å². The van der Waals surface area contributed by atoms with Crippen molar-refractivity contribution in [2.45, 2.75) is 83.0 Å². The topological polar surface area (TPSA) is 110 Å². The molecule has 0 bridgehead atoms. The third-order valence-corrected chi connectivity index (χ3v) is 5.12. The van der Waals surface area contributed by atoms with E-state index in [0.29, 0.717) is 6.42 Å². The van der Waals surface area contributed by atoms with Crippen LogP contribution in [0.1, 0.15) is 78.1 Å². The summed E-state index contributed by atoms with van der Waals surface area (Å²) in [5.74, 6) is -1.01. The minimum atomic E-state index is -4.45. The number of unbranched alkanes of at least 4 members (excludes halogenated alkanes) is 8. The van der Waals surface area contributed by atoms with Gasteiger partial charge in [-0.3, -0.25) is 14.1 Å². The van der Waals surface area contributed by atoms with Crippen LogP contribution < -0.4 is 10.1 Å². The van der Waals surface area contributed by atoms with Gasteiger partial charge in [-0.15, -0.1) is 0 Å². The summed E-state index contributed by atoms with van der Waals surface area (Å²) in [6.07, 6.45) is 10.3. The van der Waals surface area contributed by atoms with Crippen LogP contribution in [0, 0.1) is 0 Å². The van der Waals surface area contributed by atoms with E-state index in [-0.39, 0.29) is 17.9 Å². The molecule has 1 aromatic carbocycles. The number of hydrogen-bond donors (Lipinski definition) is 2. The minimum absolute atomic E-state index is 0.105. The Balaban J connectivity index is 2.50. The van der Waals surface area contributed by atoms with Gasteiger partial charge in [0.2, 0.25) is 5.91 Å². The number of benzene rings is 1. The lowest BCUT2D eigenvalue weighted by Crippen LogP contribution is -2.13. The first kappa shape index (κ1) is 24.1. The molecule has 1 amide bonds. The van der Waals surface area contributed by atoms with Crippen molar-refractivity contribution in [3.63, 3.8) is 0 Å². The van der Waals surface area contributed by atoms with Crippen molar-refractivity contribution in [3.8, 4) is 5.75 Å². The van der Waals surface area contributed by atoms with Crippen LogP contribution in [0.2, 0.25) is 0 Å². The first-order chi connectivity index (χ1) is 13.2. The van der Waals surface area contributed by atoms with E-state index in [4.69, 9.17) is 9.29 Å². The zero-order valence-corrected chi connectivity index (χ0v) is 17.5. The summed E-state index contributed by atoms with van der Waals surface area (Å²) in [6.45, 7) is 3.47. The zero-order valence-electron chi connectivity index (χ0n) is 16.7. The molecule has 158 valence electrons. The molecule has 2 N–H and O–H groups in total. The van der Waals surface area contributed by atoms with Crippen LogP contribution in [0.5, 0.6) is 5.75 Å². The molecular formula is C20H31NO6S. The smallest absolute Gasteiger partial charge is 0.311 e. The van der Waals surface area contributed by atoms with E-state index in [1.165, 1.54) is 45.1 Å². The average molecular weight is 414 g/mol. The normalized spacial score (nSPS) is 11.2. The quantitative estimate of drug-likeness (QED) is 0.210. The Morgan fingerprint density at radius 2 is 1.57 bits per heavy atom. The highest BCUT2D eigenvalue weighted by molar-refractivity contribution is 7.85. The van der Waals surface area contributed by atoms with Gasteiger partial charge in [0.25, 0.3) is 10.1 Å².